The van der Waals surface area contributed by atoms with Gasteiger partial charge in [-0.05, 0) is 49.3 Å². The normalized spacial score (nSPS) is 27.1. The van der Waals surface area contributed by atoms with E-state index in [-0.39, 0.29) is 22.3 Å². The first kappa shape index (κ1) is 20.2. The molecule has 5 rings (SSSR count). The van der Waals surface area contributed by atoms with Crippen LogP contribution in [0.3, 0.4) is 0 Å². The maximum Gasteiger partial charge on any atom is 0.274 e. The van der Waals surface area contributed by atoms with E-state index < -0.39 is 11.4 Å². The van der Waals surface area contributed by atoms with E-state index in [1.807, 2.05) is 17.8 Å². The molecule has 0 atom stereocenters. The van der Waals surface area contributed by atoms with Gasteiger partial charge in [-0.3, -0.25) is 4.79 Å². The van der Waals surface area contributed by atoms with E-state index in [1.54, 1.807) is 24.3 Å². The molecule has 2 saturated carbocycles. The lowest BCUT2D eigenvalue weighted by atomic mass is 9.45. The van der Waals surface area contributed by atoms with Crippen LogP contribution in [0.1, 0.15) is 53.5 Å². The molecule has 0 saturated heterocycles. The molecule has 31 heavy (non-hydrogen) atoms. The van der Waals surface area contributed by atoms with Crippen molar-refractivity contribution in [3.8, 4) is 0 Å². The van der Waals surface area contributed by atoms with Crippen molar-refractivity contribution >= 4 is 23.2 Å². The molecule has 9 heteroatoms. The SMILES string of the molecule is Cn1cnc(C2(O)CC3(CC(c4ncn(C)c4C(=O)Nc4ccc(F)c(Cl)c4)C3)C2)c1. The van der Waals surface area contributed by atoms with Gasteiger partial charge < -0.3 is 19.6 Å². The fourth-order valence-corrected chi connectivity index (χ4v) is 5.46. The topological polar surface area (TPSA) is 85.0 Å². The van der Waals surface area contributed by atoms with Crippen molar-refractivity contribution in [3.05, 3.63) is 65.0 Å². The zero-order valence-corrected chi connectivity index (χ0v) is 18.0. The van der Waals surface area contributed by atoms with Crippen LogP contribution in [0.15, 0.2) is 37.1 Å². The molecule has 2 aliphatic carbocycles. The average molecular weight is 444 g/mol. The van der Waals surface area contributed by atoms with Crippen molar-refractivity contribution in [1.29, 1.82) is 0 Å². The molecule has 1 aromatic carbocycles. The quantitative estimate of drug-likeness (QED) is 0.643. The molecular weight excluding hydrogens is 421 g/mol. The van der Waals surface area contributed by atoms with Crippen molar-refractivity contribution < 1.29 is 14.3 Å². The number of carbonyl (C=O) groups excluding carboxylic acids is 1. The minimum absolute atomic E-state index is 0.0469. The minimum atomic E-state index is -0.863. The molecule has 0 unspecified atom stereocenters. The predicted molar refractivity (Wildman–Crippen MR) is 113 cm³/mol. The van der Waals surface area contributed by atoms with E-state index in [0.29, 0.717) is 24.2 Å². The van der Waals surface area contributed by atoms with Crippen LogP contribution in [0, 0.1) is 11.2 Å². The molecule has 0 aliphatic heterocycles. The summed E-state index contributed by atoms with van der Waals surface area (Å²) in [7, 11) is 3.67. The molecule has 2 aromatic heterocycles. The molecule has 0 bridgehead atoms. The van der Waals surface area contributed by atoms with E-state index >= 15 is 0 Å². The number of hydrogen-bond donors (Lipinski definition) is 2. The molecule has 2 aliphatic rings. The number of imidazole rings is 2. The Labute approximate surface area is 183 Å². The van der Waals surface area contributed by atoms with Crippen molar-refractivity contribution in [2.45, 2.75) is 37.2 Å². The van der Waals surface area contributed by atoms with Gasteiger partial charge in [0.15, 0.2) is 0 Å². The third-order valence-electron chi connectivity index (χ3n) is 6.62. The van der Waals surface area contributed by atoms with Gasteiger partial charge >= 0.3 is 0 Å². The average Bonchev–Trinajstić information content (AvgIpc) is 3.26. The number of anilines is 1. The number of halogens is 2. The predicted octanol–water partition coefficient (Wildman–Crippen LogP) is 3.74. The summed E-state index contributed by atoms with van der Waals surface area (Å²) in [6.07, 6.45) is 8.31. The highest BCUT2D eigenvalue weighted by Crippen LogP contribution is 2.67. The molecule has 1 amide bonds. The Balaban J connectivity index is 1.28. The monoisotopic (exact) mass is 443 g/mol. The van der Waals surface area contributed by atoms with Crippen LogP contribution in [0.25, 0.3) is 0 Å². The highest BCUT2D eigenvalue weighted by molar-refractivity contribution is 6.31. The Morgan fingerprint density at radius 3 is 2.65 bits per heavy atom. The van der Waals surface area contributed by atoms with Gasteiger partial charge in [0.1, 0.15) is 17.1 Å². The molecule has 7 nitrogen and oxygen atoms in total. The van der Waals surface area contributed by atoms with Crippen molar-refractivity contribution in [2.24, 2.45) is 19.5 Å². The Kier molecular flexibility index (Phi) is 4.50. The number of nitrogens with one attached hydrogen (secondary N) is 1. The maximum atomic E-state index is 13.4. The summed E-state index contributed by atoms with van der Waals surface area (Å²) >= 11 is 5.82. The molecule has 162 valence electrons. The largest absolute Gasteiger partial charge is 0.383 e. The summed E-state index contributed by atoms with van der Waals surface area (Å²) in [5.74, 6) is -0.684. The van der Waals surface area contributed by atoms with Gasteiger partial charge in [0.25, 0.3) is 5.91 Å². The van der Waals surface area contributed by atoms with Crippen molar-refractivity contribution in [1.82, 2.24) is 19.1 Å². The van der Waals surface area contributed by atoms with Crippen LogP contribution in [0.5, 0.6) is 0 Å². The fraction of sp³-hybridized carbons (Fsp3) is 0.409. The highest BCUT2D eigenvalue weighted by Gasteiger charge is 2.61. The molecule has 3 aromatic rings. The van der Waals surface area contributed by atoms with Gasteiger partial charge in [0.05, 0.1) is 29.1 Å². The van der Waals surface area contributed by atoms with Crippen LogP contribution in [0.4, 0.5) is 10.1 Å². The molecule has 0 radical (unpaired) electrons. The van der Waals surface area contributed by atoms with Crippen LogP contribution >= 0.6 is 11.6 Å². The van der Waals surface area contributed by atoms with Gasteiger partial charge in [-0.25, -0.2) is 14.4 Å². The lowest BCUT2D eigenvalue weighted by Crippen LogP contribution is -2.55. The van der Waals surface area contributed by atoms with Crippen LogP contribution < -0.4 is 5.32 Å². The molecule has 1 spiro atoms. The smallest absolute Gasteiger partial charge is 0.274 e. The number of amides is 1. The molecule has 2 N–H and O–H groups in total. The summed E-state index contributed by atoms with van der Waals surface area (Å²) in [5, 5.41) is 13.6. The Morgan fingerprint density at radius 2 is 2.00 bits per heavy atom. The second-order valence-corrected chi connectivity index (χ2v) is 9.49. The fourth-order valence-electron chi connectivity index (χ4n) is 5.28. The molecular formula is C22H23ClFN5O2. The van der Waals surface area contributed by atoms with Gasteiger partial charge in [-0.15, -0.1) is 0 Å². The van der Waals surface area contributed by atoms with E-state index in [1.165, 1.54) is 18.2 Å². The summed E-state index contributed by atoms with van der Waals surface area (Å²) < 4.78 is 16.9. The third-order valence-corrected chi connectivity index (χ3v) is 6.91. The number of carbonyl (C=O) groups is 1. The van der Waals surface area contributed by atoms with Crippen molar-refractivity contribution in [2.75, 3.05) is 5.32 Å². The molecule has 2 fully saturated rings. The summed E-state index contributed by atoms with van der Waals surface area (Å²) in [4.78, 5) is 21.7. The van der Waals surface area contributed by atoms with Crippen LogP contribution in [0.2, 0.25) is 5.02 Å². The zero-order chi connectivity index (χ0) is 22.0. The Bertz CT molecular complexity index is 1170. The van der Waals surface area contributed by atoms with Crippen LogP contribution in [-0.2, 0) is 19.7 Å². The Hall–Kier alpha value is -2.71. The Morgan fingerprint density at radius 1 is 1.26 bits per heavy atom. The lowest BCUT2D eigenvalue weighted by molar-refractivity contribution is -0.178. The first-order valence-electron chi connectivity index (χ1n) is 10.2. The van der Waals surface area contributed by atoms with E-state index in [9.17, 15) is 14.3 Å². The minimum Gasteiger partial charge on any atom is -0.383 e. The summed E-state index contributed by atoms with van der Waals surface area (Å²) in [5.41, 5.74) is 1.60. The standard InChI is InChI=1S/C22H23ClFN5O2/c1-28-8-17(25-11-28)22(31)9-21(10-22)6-13(7-21)18-19(29(2)12-26-18)20(30)27-14-3-4-16(24)15(23)5-14/h3-5,8,11-13,31H,6-7,9-10H2,1-2H3,(H,27,30). The van der Waals surface area contributed by atoms with Gasteiger partial charge in [-0.2, -0.15) is 0 Å². The van der Waals surface area contributed by atoms with Crippen LogP contribution in [-0.4, -0.2) is 30.1 Å². The first-order valence-corrected chi connectivity index (χ1v) is 10.5. The maximum absolute atomic E-state index is 13.4. The summed E-state index contributed by atoms with van der Waals surface area (Å²) in [6, 6.07) is 4.08. The third kappa shape index (κ3) is 3.34. The highest BCUT2D eigenvalue weighted by atomic mass is 35.5. The second kappa shape index (κ2) is 6.90. The number of aromatic nitrogens is 4. The number of benzene rings is 1. The van der Waals surface area contributed by atoms with Gasteiger partial charge in [-0.1, -0.05) is 11.6 Å². The number of rotatable bonds is 4. The van der Waals surface area contributed by atoms with Crippen molar-refractivity contribution in [3.63, 3.8) is 0 Å². The van der Waals surface area contributed by atoms with Gasteiger partial charge in [0, 0.05) is 31.9 Å². The number of aliphatic hydroxyl groups is 1. The van der Waals surface area contributed by atoms with Gasteiger partial charge in [0.2, 0.25) is 0 Å². The molecule has 2 heterocycles. The summed E-state index contributed by atoms with van der Waals surface area (Å²) in [6.45, 7) is 0. The first-order chi connectivity index (χ1) is 14.7. The number of nitrogens with zero attached hydrogens (tertiary/aromatic N) is 4. The zero-order valence-electron chi connectivity index (χ0n) is 17.3. The second-order valence-electron chi connectivity index (χ2n) is 9.09. The number of aryl methyl sites for hydroxylation is 2. The lowest BCUT2D eigenvalue weighted by Gasteiger charge is -2.60. The van der Waals surface area contributed by atoms with E-state index in [0.717, 1.165) is 24.2 Å². The van der Waals surface area contributed by atoms with E-state index in [4.69, 9.17) is 11.6 Å². The van der Waals surface area contributed by atoms with E-state index in [2.05, 4.69) is 15.3 Å². The number of hydrogen-bond acceptors (Lipinski definition) is 4.